The van der Waals surface area contributed by atoms with Crippen LogP contribution < -0.4 is 0 Å². The average molecular weight is 125 g/mol. The topological polar surface area (TPSA) is 20.3 Å². The standard InChI is InChI=1S/C7H11NO/c1-6(2)8-5-3-4-7(8)9/h1,3-5H2,2H3. The van der Waals surface area contributed by atoms with Crippen molar-refractivity contribution in [1.29, 1.82) is 0 Å². The second-order valence-electron chi connectivity index (χ2n) is 2.38. The van der Waals surface area contributed by atoms with E-state index in [2.05, 4.69) is 6.58 Å². The number of allylic oxidation sites excluding steroid dienone is 1. The maximum absolute atomic E-state index is 10.9. The summed E-state index contributed by atoms with van der Waals surface area (Å²) in [6, 6.07) is 0. The van der Waals surface area contributed by atoms with Crippen LogP contribution in [0.4, 0.5) is 0 Å². The van der Waals surface area contributed by atoms with Crippen LogP contribution in [0.15, 0.2) is 12.3 Å². The van der Waals surface area contributed by atoms with Crippen LogP contribution in [0.1, 0.15) is 19.8 Å². The van der Waals surface area contributed by atoms with Gasteiger partial charge >= 0.3 is 0 Å². The molecule has 9 heavy (non-hydrogen) atoms. The predicted octanol–water partition coefficient (Wildman–Crippen LogP) is 1.14. The van der Waals surface area contributed by atoms with Crippen LogP contribution in [0.2, 0.25) is 0 Å². The van der Waals surface area contributed by atoms with Gasteiger partial charge in [-0.25, -0.2) is 0 Å². The van der Waals surface area contributed by atoms with E-state index in [9.17, 15) is 4.79 Å². The second kappa shape index (κ2) is 2.21. The summed E-state index contributed by atoms with van der Waals surface area (Å²) in [7, 11) is 0. The number of nitrogens with zero attached hydrogens (tertiary/aromatic N) is 1. The van der Waals surface area contributed by atoms with E-state index in [-0.39, 0.29) is 5.91 Å². The molecule has 0 aromatic heterocycles. The lowest BCUT2D eigenvalue weighted by atomic mass is 10.4. The van der Waals surface area contributed by atoms with Gasteiger partial charge in [0.1, 0.15) is 0 Å². The number of hydrogen-bond donors (Lipinski definition) is 0. The minimum Gasteiger partial charge on any atom is -0.317 e. The van der Waals surface area contributed by atoms with Gasteiger partial charge in [-0.05, 0) is 13.3 Å². The SMILES string of the molecule is C=C(C)N1CCCC1=O. The molecule has 2 heteroatoms. The van der Waals surface area contributed by atoms with E-state index >= 15 is 0 Å². The van der Waals surface area contributed by atoms with Crippen LogP contribution in [-0.4, -0.2) is 17.4 Å². The molecular formula is C7H11NO. The molecule has 0 unspecified atom stereocenters. The highest BCUT2D eigenvalue weighted by Crippen LogP contribution is 2.13. The third kappa shape index (κ3) is 1.12. The van der Waals surface area contributed by atoms with Gasteiger partial charge in [0.2, 0.25) is 5.91 Å². The van der Waals surface area contributed by atoms with Gasteiger partial charge in [0.15, 0.2) is 0 Å². The minimum absolute atomic E-state index is 0.225. The zero-order valence-corrected chi connectivity index (χ0v) is 5.68. The summed E-state index contributed by atoms with van der Waals surface area (Å²) in [5.74, 6) is 0.225. The number of hydrogen-bond acceptors (Lipinski definition) is 1. The first-order valence-electron chi connectivity index (χ1n) is 3.17. The highest BCUT2D eigenvalue weighted by atomic mass is 16.2. The van der Waals surface area contributed by atoms with E-state index in [0.717, 1.165) is 18.7 Å². The molecule has 0 aromatic rings. The van der Waals surface area contributed by atoms with Crippen molar-refractivity contribution in [3.05, 3.63) is 12.3 Å². The molecule has 50 valence electrons. The quantitative estimate of drug-likeness (QED) is 0.514. The van der Waals surface area contributed by atoms with Crippen molar-refractivity contribution in [2.75, 3.05) is 6.54 Å². The largest absolute Gasteiger partial charge is 0.317 e. The van der Waals surface area contributed by atoms with Crippen molar-refractivity contribution in [3.63, 3.8) is 0 Å². The highest BCUT2D eigenvalue weighted by molar-refractivity contribution is 5.79. The van der Waals surface area contributed by atoms with Gasteiger partial charge in [-0.3, -0.25) is 4.79 Å². The number of amides is 1. The maximum atomic E-state index is 10.9. The lowest BCUT2D eigenvalue weighted by Gasteiger charge is -2.13. The molecule has 0 spiro atoms. The Morgan fingerprint density at radius 3 is 2.67 bits per heavy atom. The van der Waals surface area contributed by atoms with E-state index in [0.29, 0.717) is 6.42 Å². The summed E-state index contributed by atoms with van der Waals surface area (Å²) < 4.78 is 0. The molecule has 0 radical (unpaired) electrons. The molecule has 2 nitrogen and oxygen atoms in total. The predicted molar refractivity (Wildman–Crippen MR) is 35.8 cm³/mol. The summed E-state index contributed by atoms with van der Waals surface area (Å²) in [5, 5.41) is 0. The van der Waals surface area contributed by atoms with E-state index in [1.54, 1.807) is 4.90 Å². The van der Waals surface area contributed by atoms with Gasteiger partial charge in [-0.2, -0.15) is 0 Å². The van der Waals surface area contributed by atoms with Crippen molar-refractivity contribution < 1.29 is 4.79 Å². The molecule has 1 rings (SSSR count). The number of likely N-dealkylation sites (tertiary alicyclic amines) is 1. The van der Waals surface area contributed by atoms with Crippen LogP contribution in [-0.2, 0) is 4.79 Å². The number of rotatable bonds is 1. The van der Waals surface area contributed by atoms with Crippen molar-refractivity contribution in [1.82, 2.24) is 4.90 Å². The fourth-order valence-corrected chi connectivity index (χ4v) is 1.05. The van der Waals surface area contributed by atoms with Crippen LogP contribution in [0, 0.1) is 0 Å². The first kappa shape index (κ1) is 6.33. The van der Waals surface area contributed by atoms with Gasteiger partial charge in [0, 0.05) is 18.7 Å². The Balaban J connectivity index is 2.60. The van der Waals surface area contributed by atoms with Crippen molar-refractivity contribution in [2.24, 2.45) is 0 Å². The molecule has 1 aliphatic heterocycles. The molecule has 0 aromatic carbocycles. The Morgan fingerprint density at radius 1 is 1.78 bits per heavy atom. The van der Waals surface area contributed by atoms with Crippen molar-refractivity contribution in [3.8, 4) is 0 Å². The molecule has 1 saturated heterocycles. The van der Waals surface area contributed by atoms with Crippen LogP contribution in [0.5, 0.6) is 0 Å². The Kier molecular flexibility index (Phi) is 1.56. The summed E-state index contributed by atoms with van der Waals surface area (Å²) in [6.45, 7) is 6.43. The lowest BCUT2D eigenvalue weighted by molar-refractivity contribution is -0.126. The molecule has 0 atom stereocenters. The van der Waals surface area contributed by atoms with E-state index < -0.39 is 0 Å². The molecule has 0 saturated carbocycles. The first-order valence-corrected chi connectivity index (χ1v) is 3.17. The highest BCUT2D eigenvalue weighted by Gasteiger charge is 2.19. The summed E-state index contributed by atoms with van der Waals surface area (Å²) in [6.07, 6.45) is 1.69. The fourth-order valence-electron chi connectivity index (χ4n) is 1.05. The molecule has 1 fully saturated rings. The number of carbonyl (C=O) groups is 1. The Bertz CT molecular complexity index is 151. The van der Waals surface area contributed by atoms with E-state index in [1.165, 1.54) is 0 Å². The molecule has 1 aliphatic rings. The molecular weight excluding hydrogens is 114 g/mol. The molecule has 0 bridgehead atoms. The van der Waals surface area contributed by atoms with E-state index in [4.69, 9.17) is 0 Å². The summed E-state index contributed by atoms with van der Waals surface area (Å²) in [5.41, 5.74) is 0.873. The lowest BCUT2D eigenvalue weighted by Crippen LogP contribution is -2.21. The Hall–Kier alpha value is -0.790. The Labute approximate surface area is 55.2 Å². The summed E-state index contributed by atoms with van der Waals surface area (Å²) in [4.78, 5) is 12.6. The van der Waals surface area contributed by atoms with Gasteiger partial charge in [0.25, 0.3) is 0 Å². The second-order valence-corrected chi connectivity index (χ2v) is 2.38. The minimum atomic E-state index is 0.225. The maximum Gasteiger partial charge on any atom is 0.226 e. The summed E-state index contributed by atoms with van der Waals surface area (Å²) >= 11 is 0. The van der Waals surface area contributed by atoms with Gasteiger partial charge in [-0.15, -0.1) is 0 Å². The Morgan fingerprint density at radius 2 is 2.44 bits per heavy atom. The van der Waals surface area contributed by atoms with Gasteiger partial charge in [-0.1, -0.05) is 6.58 Å². The third-order valence-electron chi connectivity index (χ3n) is 1.53. The first-order chi connectivity index (χ1) is 4.22. The molecule has 0 N–H and O–H groups in total. The molecule has 1 heterocycles. The van der Waals surface area contributed by atoms with Crippen LogP contribution in [0.3, 0.4) is 0 Å². The van der Waals surface area contributed by atoms with Gasteiger partial charge in [0.05, 0.1) is 0 Å². The fraction of sp³-hybridized carbons (Fsp3) is 0.571. The molecule has 0 aliphatic carbocycles. The monoisotopic (exact) mass is 125 g/mol. The van der Waals surface area contributed by atoms with Crippen LogP contribution >= 0.6 is 0 Å². The van der Waals surface area contributed by atoms with E-state index in [1.807, 2.05) is 6.92 Å². The van der Waals surface area contributed by atoms with Crippen molar-refractivity contribution in [2.45, 2.75) is 19.8 Å². The van der Waals surface area contributed by atoms with Gasteiger partial charge < -0.3 is 4.90 Å². The zero-order valence-electron chi connectivity index (χ0n) is 5.68. The zero-order chi connectivity index (χ0) is 6.85. The van der Waals surface area contributed by atoms with Crippen molar-refractivity contribution >= 4 is 5.91 Å². The smallest absolute Gasteiger partial charge is 0.226 e. The average Bonchev–Trinajstić information content (AvgIpc) is 2.13. The molecule has 1 amide bonds. The van der Waals surface area contributed by atoms with Crippen LogP contribution in [0.25, 0.3) is 0 Å². The normalized spacial score (nSPS) is 18.8. The number of carbonyl (C=O) groups excluding carboxylic acids is 1. The third-order valence-corrected chi connectivity index (χ3v) is 1.53.